The molecule has 0 unspecified atom stereocenters. The zero-order chi connectivity index (χ0) is 53.9. The molecule has 15 aromatic heterocycles. The minimum Gasteiger partial charge on any atom is -0.439 e. The summed E-state index contributed by atoms with van der Waals surface area (Å²) in [6.45, 7) is 11.5. The zero-order valence-electron chi connectivity index (χ0n) is 44.1. The van der Waals surface area contributed by atoms with Crippen LogP contribution >= 0.6 is 0 Å². The van der Waals surface area contributed by atoms with E-state index in [1.54, 1.807) is 6.20 Å². The Morgan fingerprint density at radius 3 is 1.86 bits per heavy atom. The topological polar surface area (TPSA) is 174 Å². The molecule has 0 N–H and O–H groups in total. The number of benzene rings is 3. The van der Waals surface area contributed by atoms with E-state index in [0.29, 0.717) is 17.6 Å². The molecule has 0 radical (unpaired) electrons. The van der Waals surface area contributed by atoms with Crippen LogP contribution in [0.25, 0.3) is 101 Å². The predicted molar refractivity (Wildman–Crippen MR) is 335 cm³/mol. The lowest BCUT2D eigenvalue weighted by Crippen LogP contribution is -2.15. The molecule has 0 saturated heterocycles. The van der Waals surface area contributed by atoms with E-state index in [-0.39, 0.29) is 37.1 Å². The standard InChI is InChI=1S/C11H11N2O.5C10H8N2O.5CH4/c1-8-11-13(7-12(8)2)9-5-3-4-6-10(9)14-11;1-7-11-10-8-4-2-3-5-12(8)6-9(10)13-7;1-7-11-6-10-12(7)8-4-2-3-5-9(8)13-10;1-7-11-10-9(13-7)6-8-4-2-3-5-12(8)10;1-7-11-9-6-8-4-2-3-5-12(8)10(9)13-7;1-7-6-12-8-4-2-3-5-9(8)13-10(12)11-7;;;;;/h3-7H,1-2H3;5*2-6H,1H3;5*1H4/q+1;;;;;;;;;;. The van der Waals surface area contributed by atoms with Gasteiger partial charge >= 0.3 is 11.6 Å². The summed E-state index contributed by atoms with van der Waals surface area (Å²) in [5.41, 5.74) is 18.4. The predicted octanol–water partition coefficient (Wildman–Crippen LogP) is 16.9. The highest BCUT2D eigenvalue weighted by Gasteiger charge is 2.19. The molecule has 18 nitrogen and oxygen atoms in total. The Labute approximate surface area is 484 Å². The zero-order valence-corrected chi connectivity index (χ0v) is 44.1. The van der Waals surface area contributed by atoms with Gasteiger partial charge in [-0.05, 0) is 92.7 Å². The summed E-state index contributed by atoms with van der Waals surface area (Å²) in [6.07, 6.45) is 13.7. The van der Waals surface area contributed by atoms with E-state index in [1.165, 1.54) is 0 Å². The van der Waals surface area contributed by atoms with Gasteiger partial charge in [-0.3, -0.25) is 17.6 Å². The van der Waals surface area contributed by atoms with Crippen molar-refractivity contribution in [3.05, 3.63) is 218 Å². The van der Waals surface area contributed by atoms with Crippen molar-refractivity contribution in [2.24, 2.45) is 7.05 Å². The lowest BCUT2D eigenvalue weighted by atomic mass is 10.3. The van der Waals surface area contributed by atoms with Gasteiger partial charge in [0.1, 0.15) is 16.9 Å². The van der Waals surface area contributed by atoms with Gasteiger partial charge in [0.15, 0.2) is 62.4 Å². The molecule has 18 aromatic rings. The Hall–Kier alpha value is -10.6. The molecule has 0 aliphatic carbocycles. The average molecular weight is 1130 g/mol. The first-order valence-corrected chi connectivity index (χ1v) is 25.5. The van der Waals surface area contributed by atoms with Crippen LogP contribution in [0.3, 0.4) is 0 Å². The fourth-order valence-electron chi connectivity index (χ4n) is 9.78. The number of hydrogen-bond acceptors (Lipinski definition) is 11. The van der Waals surface area contributed by atoms with Gasteiger partial charge in [0.2, 0.25) is 11.4 Å². The monoisotopic (exact) mass is 1130 g/mol. The third-order valence-electron chi connectivity index (χ3n) is 13.4. The number of para-hydroxylation sites is 6. The molecule has 0 aliphatic heterocycles. The summed E-state index contributed by atoms with van der Waals surface area (Å²) in [6, 6.07) is 46.0. The van der Waals surface area contributed by atoms with Gasteiger partial charge in [-0.15, -0.1) is 0 Å². The molecule has 0 bridgehead atoms. The number of oxazole rings is 6. The maximum absolute atomic E-state index is 5.75. The number of aromatic nitrogens is 12. The molecule has 0 atom stereocenters. The summed E-state index contributed by atoms with van der Waals surface area (Å²) >= 11 is 0. The molecule has 0 saturated carbocycles. The molecular weight excluding hydrogens is 1060 g/mol. The van der Waals surface area contributed by atoms with E-state index in [4.69, 9.17) is 26.5 Å². The summed E-state index contributed by atoms with van der Waals surface area (Å²) < 4.78 is 47.3. The van der Waals surface area contributed by atoms with Crippen molar-refractivity contribution in [3.63, 3.8) is 0 Å². The fourth-order valence-corrected chi connectivity index (χ4v) is 9.78. The van der Waals surface area contributed by atoms with E-state index < -0.39 is 0 Å². The SMILES string of the molecule is C.C.C.C.C.Cc1c2oc3ccccc3[n+]2cn1C.Cc1cn2c(n1)oc1ccccc12.Cc1nc2c(cc3ccccn32)o1.Cc1nc2c(cn3ccccc23)o1.Cc1nc2cc3ccccn3c2o1.Cc1ncc2oc3ccccc3n12. The van der Waals surface area contributed by atoms with Gasteiger partial charge in [0.05, 0.1) is 52.7 Å². The highest BCUT2D eigenvalue weighted by atomic mass is 16.4. The number of hydrogen-bond donors (Lipinski definition) is 0. The van der Waals surface area contributed by atoms with Crippen molar-refractivity contribution in [3.8, 4) is 0 Å². The van der Waals surface area contributed by atoms with Gasteiger partial charge in [-0.2, -0.15) is 14.4 Å². The second kappa shape index (κ2) is 24.2. The van der Waals surface area contributed by atoms with E-state index >= 15 is 0 Å². The summed E-state index contributed by atoms with van der Waals surface area (Å²) in [5, 5.41) is 0. The summed E-state index contributed by atoms with van der Waals surface area (Å²) in [4.78, 5) is 21.3. The van der Waals surface area contributed by atoms with Crippen LogP contribution in [0.5, 0.6) is 0 Å². The molecule has 18 heteroatoms. The number of pyridine rings is 3. The molecule has 18 rings (SSSR count). The quantitative estimate of drug-likeness (QED) is 0.132. The minimum absolute atomic E-state index is 0. The molecule has 0 amide bonds. The molecule has 430 valence electrons. The second-order valence-corrected chi connectivity index (χ2v) is 18.9. The highest BCUT2D eigenvalue weighted by Crippen LogP contribution is 2.25. The smallest absolute Gasteiger partial charge is 0.338 e. The van der Waals surface area contributed by atoms with Crippen LogP contribution in [0.2, 0.25) is 0 Å². The van der Waals surface area contributed by atoms with Crippen LogP contribution in [-0.4, -0.2) is 51.5 Å². The normalized spacial score (nSPS) is 10.8. The van der Waals surface area contributed by atoms with E-state index in [2.05, 4.69) is 46.9 Å². The molecular formula is C66H71N12O6+. The van der Waals surface area contributed by atoms with Gasteiger partial charge in [0, 0.05) is 58.5 Å². The van der Waals surface area contributed by atoms with Crippen molar-refractivity contribution >= 4 is 101 Å². The summed E-state index contributed by atoms with van der Waals surface area (Å²) in [7, 11) is 2.02. The maximum Gasteiger partial charge on any atom is 0.338 e. The molecule has 84 heavy (non-hydrogen) atoms. The maximum atomic E-state index is 5.75. The molecule has 3 aromatic carbocycles. The Morgan fingerprint density at radius 1 is 0.476 bits per heavy atom. The van der Waals surface area contributed by atoms with Crippen LogP contribution in [0.4, 0.5) is 0 Å². The Balaban J connectivity index is 0.000000130. The first-order valence-electron chi connectivity index (χ1n) is 25.5. The van der Waals surface area contributed by atoms with Crippen molar-refractivity contribution in [1.82, 2.24) is 51.5 Å². The fraction of sp³-hybridized carbons (Fsp3) is 0.182. The average Bonchev–Trinajstić information content (AvgIpc) is 3.28. The van der Waals surface area contributed by atoms with Gasteiger partial charge in [-0.1, -0.05) is 91.7 Å². The van der Waals surface area contributed by atoms with Crippen LogP contribution in [-0.2, 0) is 7.05 Å². The molecule has 15 heterocycles. The first-order chi connectivity index (χ1) is 38.5. The van der Waals surface area contributed by atoms with Gasteiger partial charge < -0.3 is 30.9 Å². The van der Waals surface area contributed by atoms with Crippen molar-refractivity contribution in [2.75, 3.05) is 0 Å². The van der Waals surface area contributed by atoms with E-state index in [1.807, 2.05) is 234 Å². The lowest BCUT2D eigenvalue weighted by Gasteiger charge is -1.91. The molecule has 0 fully saturated rings. The summed E-state index contributed by atoms with van der Waals surface area (Å²) in [5.74, 6) is 3.77. The highest BCUT2D eigenvalue weighted by molar-refractivity contribution is 5.90. The Kier molecular flexibility index (Phi) is 17.2. The number of rotatable bonds is 0. The Morgan fingerprint density at radius 2 is 1.08 bits per heavy atom. The number of nitrogens with zero attached hydrogens (tertiary/aromatic N) is 12. The van der Waals surface area contributed by atoms with Crippen LogP contribution in [0.1, 0.15) is 72.0 Å². The third-order valence-corrected chi connectivity index (χ3v) is 13.4. The van der Waals surface area contributed by atoms with Crippen LogP contribution in [0, 0.1) is 41.5 Å². The third kappa shape index (κ3) is 10.9. The van der Waals surface area contributed by atoms with Crippen molar-refractivity contribution in [2.45, 2.75) is 78.7 Å². The van der Waals surface area contributed by atoms with Crippen LogP contribution in [0.15, 0.2) is 210 Å². The largest absolute Gasteiger partial charge is 0.439 e. The lowest BCUT2D eigenvalue weighted by molar-refractivity contribution is -0.485. The number of imidazole rings is 3. The van der Waals surface area contributed by atoms with Crippen LogP contribution < -0.4 is 4.40 Å². The minimum atomic E-state index is 0. The first kappa shape index (κ1) is 59.5. The number of fused-ring (bicyclic) bond motifs is 18. The van der Waals surface area contributed by atoms with Crippen molar-refractivity contribution < 1.29 is 30.9 Å². The Bertz CT molecular complexity index is 4740. The number of aryl methyl sites for hydroxylation is 7. The van der Waals surface area contributed by atoms with Gasteiger partial charge in [0.25, 0.3) is 6.33 Å². The second-order valence-electron chi connectivity index (χ2n) is 18.9. The van der Waals surface area contributed by atoms with Gasteiger partial charge in [-0.25, -0.2) is 19.5 Å². The molecule has 0 aliphatic rings. The van der Waals surface area contributed by atoms with E-state index in [9.17, 15) is 0 Å². The van der Waals surface area contributed by atoms with Crippen molar-refractivity contribution in [1.29, 1.82) is 0 Å². The molecule has 0 spiro atoms. The van der Waals surface area contributed by atoms with E-state index in [0.717, 1.165) is 118 Å².